The van der Waals surface area contributed by atoms with Crippen LogP contribution in [-0.2, 0) is 9.53 Å². The van der Waals surface area contributed by atoms with Gasteiger partial charge < -0.3 is 9.84 Å². The maximum absolute atomic E-state index is 10.6. The van der Waals surface area contributed by atoms with Crippen molar-refractivity contribution in [2.75, 3.05) is 7.11 Å². The number of carboxylic acids is 1. The van der Waals surface area contributed by atoms with Gasteiger partial charge >= 0.3 is 11.9 Å². The highest BCUT2D eigenvalue weighted by atomic mass is 32.1. The molecule has 1 aromatic heterocycles. The van der Waals surface area contributed by atoms with Crippen molar-refractivity contribution in [3.05, 3.63) is 21.9 Å². The van der Waals surface area contributed by atoms with Gasteiger partial charge in [0.25, 0.3) is 0 Å². The van der Waals surface area contributed by atoms with Crippen LogP contribution in [0, 0.1) is 11.8 Å². The van der Waals surface area contributed by atoms with E-state index in [1.165, 1.54) is 24.5 Å². The third-order valence-electron chi connectivity index (χ3n) is 1.36. The highest BCUT2D eigenvalue weighted by molar-refractivity contribution is 7.10. The van der Waals surface area contributed by atoms with Crippen molar-refractivity contribution < 1.29 is 19.4 Å². The monoisotopic (exact) mass is 210 g/mol. The van der Waals surface area contributed by atoms with Gasteiger partial charge in [-0.25, -0.2) is 9.59 Å². The van der Waals surface area contributed by atoms with Gasteiger partial charge in [-0.1, -0.05) is 0 Å². The number of thiophene rings is 1. The number of rotatable bonds is 1. The molecule has 0 unspecified atom stereocenters. The molecule has 1 rings (SSSR count). The fraction of sp³-hybridized carbons (Fsp3) is 0.111. The number of carbonyl (C=O) groups excluding carboxylic acids is 1. The van der Waals surface area contributed by atoms with Gasteiger partial charge in [-0.3, -0.25) is 0 Å². The van der Waals surface area contributed by atoms with Gasteiger partial charge in [-0.2, -0.15) is 0 Å². The summed E-state index contributed by atoms with van der Waals surface area (Å²) in [7, 11) is 1.21. The summed E-state index contributed by atoms with van der Waals surface area (Å²) in [5, 5.41) is 10.3. The molecule has 0 saturated carbocycles. The SMILES string of the molecule is COC(=O)C#Cc1sccc1C(=O)O. The van der Waals surface area contributed by atoms with Crippen LogP contribution in [-0.4, -0.2) is 24.2 Å². The molecule has 1 heterocycles. The zero-order valence-corrected chi connectivity index (χ0v) is 8.05. The molecule has 0 bridgehead atoms. The lowest BCUT2D eigenvalue weighted by Gasteiger charge is -1.88. The number of ether oxygens (including phenoxy) is 1. The zero-order valence-electron chi connectivity index (χ0n) is 7.23. The second-order valence-electron chi connectivity index (χ2n) is 2.21. The molecule has 0 radical (unpaired) electrons. The Morgan fingerprint density at radius 2 is 2.29 bits per heavy atom. The lowest BCUT2D eigenvalue weighted by molar-refractivity contribution is -0.133. The molecule has 0 spiro atoms. The Morgan fingerprint density at radius 3 is 2.86 bits per heavy atom. The average molecular weight is 210 g/mol. The van der Waals surface area contributed by atoms with Crippen molar-refractivity contribution in [3.8, 4) is 11.8 Å². The molecular weight excluding hydrogens is 204 g/mol. The first-order chi connectivity index (χ1) is 6.65. The van der Waals surface area contributed by atoms with Gasteiger partial charge in [0.05, 0.1) is 17.6 Å². The third-order valence-corrected chi connectivity index (χ3v) is 2.19. The third kappa shape index (κ3) is 2.34. The molecule has 0 aliphatic rings. The molecule has 0 amide bonds. The van der Waals surface area contributed by atoms with Crippen molar-refractivity contribution in [1.82, 2.24) is 0 Å². The van der Waals surface area contributed by atoms with Crippen LogP contribution in [0.2, 0.25) is 0 Å². The van der Waals surface area contributed by atoms with Crippen LogP contribution in [0.15, 0.2) is 11.4 Å². The molecule has 0 aromatic carbocycles. The van der Waals surface area contributed by atoms with Crippen molar-refractivity contribution >= 4 is 23.3 Å². The maximum atomic E-state index is 10.6. The van der Waals surface area contributed by atoms with E-state index in [1.807, 2.05) is 0 Å². The quantitative estimate of drug-likeness (QED) is 0.554. The highest BCUT2D eigenvalue weighted by Gasteiger charge is 2.08. The van der Waals surface area contributed by atoms with Crippen LogP contribution < -0.4 is 0 Å². The summed E-state index contributed by atoms with van der Waals surface area (Å²) in [6.45, 7) is 0. The fourth-order valence-electron chi connectivity index (χ4n) is 0.733. The Hall–Kier alpha value is -1.80. The van der Waals surface area contributed by atoms with Crippen LogP contribution in [0.5, 0.6) is 0 Å². The first-order valence-corrected chi connectivity index (χ1v) is 4.44. The van der Waals surface area contributed by atoms with Crippen LogP contribution in [0.4, 0.5) is 0 Å². The van der Waals surface area contributed by atoms with Gasteiger partial charge in [-0.15, -0.1) is 11.3 Å². The van der Waals surface area contributed by atoms with Crippen molar-refractivity contribution in [3.63, 3.8) is 0 Å². The van der Waals surface area contributed by atoms with Crippen molar-refractivity contribution in [2.24, 2.45) is 0 Å². The molecule has 0 aliphatic carbocycles. The van der Waals surface area contributed by atoms with Crippen LogP contribution >= 0.6 is 11.3 Å². The number of carboxylic acid groups (broad SMARTS) is 1. The molecule has 1 aromatic rings. The molecule has 72 valence electrons. The van der Waals surface area contributed by atoms with Crippen LogP contribution in [0.3, 0.4) is 0 Å². The van der Waals surface area contributed by atoms with Crippen LogP contribution in [0.1, 0.15) is 15.2 Å². The summed E-state index contributed by atoms with van der Waals surface area (Å²) in [6, 6.07) is 1.44. The first kappa shape index (κ1) is 10.3. The predicted molar refractivity (Wildman–Crippen MR) is 50.2 cm³/mol. The largest absolute Gasteiger partial charge is 0.478 e. The number of aromatic carboxylic acids is 1. The van der Waals surface area contributed by atoms with E-state index in [-0.39, 0.29) is 5.56 Å². The topological polar surface area (TPSA) is 63.6 Å². The summed E-state index contributed by atoms with van der Waals surface area (Å²) in [5.74, 6) is 2.86. The molecular formula is C9H6O4S. The predicted octanol–water partition coefficient (Wildman–Crippen LogP) is 0.971. The molecule has 0 fully saturated rings. The number of carbonyl (C=O) groups is 2. The van der Waals surface area contributed by atoms with E-state index >= 15 is 0 Å². The number of esters is 1. The summed E-state index contributed by atoms with van der Waals surface area (Å²) in [6.07, 6.45) is 0. The minimum absolute atomic E-state index is 0.103. The Kier molecular flexibility index (Phi) is 3.26. The molecule has 1 N–H and O–H groups in total. The van der Waals surface area contributed by atoms with Crippen LogP contribution in [0.25, 0.3) is 0 Å². The minimum atomic E-state index is -1.06. The maximum Gasteiger partial charge on any atom is 0.384 e. The molecule has 0 atom stereocenters. The number of hydrogen-bond donors (Lipinski definition) is 1. The Bertz CT molecular complexity index is 422. The van der Waals surface area contributed by atoms with E-state index in [2.05, 4.69) is 16.6 Å². The van der Waals surface area contributed by atoms with Gasteiger partial charge in [0.1, 0.15) is 0 Å². The lowest BCUT2D eigenvalue weighted by Crippen LogP contribution is -1.97. The van der Waals surface area contributed by atoms with E-state index < -0.39 is 11.9 Å². The summed E-state index contributed by atoms with van der Waals surface area (Å²) in [4.78, 5) is 21.6. The zero-order chi connectivity index (χ0) is 10.6. The van der Waals surface area contributed by atoms with Gasteiger partial charge in [-0.05, 0) is 17.4 Å². The Balaban J connectivity index is 2.95. The van der Waals surface area contributed by atoms with E-state index in [0.29, 0.717) is 4.88 Å². The first-order valence-electron chi connectivity index (χ1n) is 3.56. The molecule has 5 heteroatoms. The van der Waals surface area contributed by atoms with E-state index in [0.717, 1.165) is 0 Å². The molecule has 0 saturated heterocycles. The Labute approximate surface area is 84.1 Å². The van der Waals surface area contributed by atoms with Gasteiger partial charge in [0.2, 0.25) is 0 Å². The standard InChI is InChI=1S/C9H6O4S/c1-13-8(10)3-2-7-6(9(11)12)4-5-14-7/h4-5H,1H3,(H,11,12). The van der Waals surface area contributed by atoms with Crippen molar-refractivity contribution in [2.45, 2.75) is 0 Å². The average Bonchev–Trinajstić information content (AvgIpc) is 2.62. The molecule has 0 aliphatic heterocycles. The summed E-state index contributed by atoms with van der Waals surface area (Å²) >= 11 is 1.17. The Morgan fingerprint density at radius 1 is 1.57 bits per heavy atom. The molecule has 14 heavy (non-hydrogen) atoms. The second-order valence-corrected chi connectivity index (χ2v) is 3.13. The number of methoxy groups -OCH3 is 1. The molecule has 4 nitrogen and oxygen atoms in total. The minimum Gasteiger partial charge on any atom is -0.478 e. The van der Waals surface area contributed by atoms with Gasteiger partial charge in [0, 0.05) is 5.92 Å². The fourth-order valence-corrected chi connectivity index (χ4v) is 1.47. The van der Waals surface area contributed by atoms with E-state index in [9.17, 15) is 9.59 Å². The van der Waals surface area contributed by atoms with Gasteiger partial charge in [0.15, 0.2) is 0 Å². The summed E-state index contributed by atoms with van der Waals surface area (Å²) < 4.78 is 4.29. The normalized spacial score (nSPS) is 8.64. The van der Waals surface area contributed by atoms with Crippen molar-refractivity contribution in [1.29, 1.82) is 0 Å². The smallest absolute Gasteiger partial charge is 0.384 e. The highest BCUT2D eigenvalue weighted by Crippen LogP contribution is 2.14. The number of hydrogen-bond acceptors (Lipinski definition) is 4. The van der Waals surface area contributed by atoms with E-state index in [1.54, 1.807) is 5.38 Å². The summed E-state index contributed by atoms with van der Waals surface area (Å²) in [5.41, 5.74) is 0.103. The van der Waals surface area contributed by atoms with E-state index in [4.69, 9.17) is 5.11 Å². The second kappa shape index (κ2) is 4.44. The lowest BCUT2D eigenvalue weighted by atomic mass is 10.2.